The van der Waals surface area contributed by atoms with E-state index in [1.807, 2.05) is 6.92 Å². The molecule has 1 aromatic carbocycles. The van der Waals surface area contributed by atoms with Crippen LogP contribution in [-0.4, -0.2) is 47.9 Å². The van der Waals surface area contributed by atoms with Gasteiger partial charge in [0.25, 0.3) is 0 Å². The molecule has 1 fully saturated rings. The van der Waals surface area contributed by atoms with E-state index in [1.165, 1.54) is 6.07 Å². The van der Waals surface area contributed by atoms with Crippen molar-refractivity contribution in [2.45, 2.75) is 45.3 Å². The molecule has 2 rings (SSSR count). The van der Waals surface area contributed by atoms with E-state index in [9.17, 15) is 14.3 Å². The van der Waals surface area contributed by atoms with E-state index in [0.29, 0.717) is 26.1 Å². The van der Waals surface area contributed by atoms with Gasteiger partial charge in [0.1, 0.15) is 6.10 Å². The van der Waals surface area contributed by atoms with Gasteiger partial charge in [0.15, 0.2) is 11.6 Å². The number of carbonyl (C=O) groups is 1. The summed E-state index contributed by atoms with van der Waals surface area (Å²) in [6.45, 7) is 5.28. The number of para-hydroxylation sites is 1. The maximum Gasteiger partial charge on any atom is 0.317 e. The first kappa shape index (κ1) is 18.5. The van der Waals surface area contributed by atoms with Crippen LogP contribution in [0.3, 0.4) is 0 Å². The molecule has 134 valence electrons. The first-order valence-corrected chi connectivity index (χ1v) is 8.63. The maximum atomic E-state index is 13.7. The van der Waals surface area contributed by atoms with E-state index >= 15 is 0 Å². The van der Waals surface area contributed by atoms with E-state index < -0.39 is 11.9 Å². The molecule has 2 amide bonds. The van der Waals surface area contributed by atoms with Crippen LogP contribution in [0.2, 0.25) is 0 Å². The summed E-state index contributed by atoms with van der Waals surface area (Å²) in [5.74, 6) is -0.0787. The minimum Gasteiger partial charge on any atom is -0.486 e. The summed E-state index contributed by atoms with van der Waals surface area (Å²) in [7, 11) is 0. The van der Waals surface area contributed by atoms with Crippen molar-refractivity contribution in [1.82, 2.24) is 10.2 Å². The number of nitrogens with zero attached hydrogens (tertiary/aromatic N) is 1. The molecule has 5 nitrogen and oxygen atoms in total. The Bertz CT molecular complexity index is 539. The van der Waals surface area contributed by atoms with E-state index in [4.69, 9.17) is 4.74 Å². The van der Waals surface area contributed by atoms with Gasteiger partial charge in [-0.1, -0.05) is 19.1 Å². The molecular formula is C18H27FN2O3. The summed E-state index contributed by atoms with van der Waals surface area (Å²) < 4.78 is 19.3. The number of piperidine rings is 1. The fraction of sp³-hybridized carbons (Fsp3) is 0.611. The summed E-state index contributed by atoms with van der Waals surface area (Å²) in [4.78, 5) is 14.0. The quantitative estimate of drug-likeness (QED) is 0.838. The fourth-order valence-corrected chi connectivity index (χ4v) is 2.89. The molecule has 3 atom stereocenters. The number of benzene rings is 1. The molecule has 6 heteroatoms. The predicted octanol–water partition coefficient (Wildman–Crippen LogP) is 2.79. The van der Waals surface area contributed by atoms with Crippen molar-refractivity contribution in [3.05, 3.63) is 30.1 Å². The van der Waals surface area contributed by atoms with Gasteiger partial charge in [-0.05, 0) is 38.3 Å². The van der Waals surface area contributed by atoms with Crippen molar-refractivity contribution in [1.29, 1.82) is 0 Å². The lowest BCUT2D eigenvalue weighted by molar-refractivity contribution is 0.0730. The third kappa shape index (κ3) is 5.09. The molecule has 1 saturated heterocycles. The average molecular weight is 338 g/mol. The molecule has 3 unspecified atom stereocenters. The van der Waals surface area contributed by atoms with Crippen molar-refractivity contribution in [3.63, 3.8) is 0 Å². The van der Waals surface area contributed by atoms with Gasteiger partial charge in [-0.25, -0.2) is 9.18 Å². The third-order valence-electron chi connectivity index (χ3n) is 4.49. The van der Waals surface area contributed by atoms with Gasteiger partial charge >= 0.3 is 6.03 Å². The van der Waals surface area contributed by atoms with Gasteiger partial charge in [0, 0.05) is 19.0 Å². The number of aliphatic hydroxyl groups excluding tert-OH is 1. The van der Waals surface area contributed by atoms with Gasteiger partial charge in [0.2, 0.25) is 0 Å². The minimum atomic E-state index is -0.409. The second kappa shape index (κ2) is 8.87. The Morgan fingerprint density at radius 2 is 2.25 bits per heavy atom. The average Bonchev–Trinajstić information content (AvgIpc) is 2.60. The van der Waals surface area contributed by atoms with Crippen LogP contribution in [0, 0.1) is 11.7 Å². The van der Waals surface area contributed by atoms with Crippen LogP contribution in [0.1, 0.15) is 33.1 Å². The number of carbonyl (C=O) groups excluding carboxylic acids is 1. The molecule has 2 N–H and O–H groups in total. The smallest absolute Gasteiger partial charge is 0.317 e. The summed E-state index contributed by atoms with van der Waals surface area (Å²) in [6.07, 6.45) is 1.79. The van der Waals surface area contributed by atoms with E-state index in [2.05, 4.69) is 5.32 Å². The molecule has 0 aliphatic carbocycles. The zero-order valence-corrected chi connectivity index (χ0v) is 14.4. The van der Waals surface area contributed by atoms with Crippen LogP contribution in [0.5, 0.6) is 5.75 Å². The largest absolute Gasteiger partial charge is 0.486 e. The van der Waals surface area contributed by atoms with Gasteiger partial charge in [-0.3, -0.25) is 0 Å². The highest BCUT2D eigenvalue weighted by molar-refractivity contribution is 5.74. The third-order valence-corrected chi connectivity index (χ3v) is 4.49. The Morgan fingerprint density at radius 1 is 1.50 bits per heavy atom. The SMILES string of the molecule is CCC(CNC(=O)N1CCCC(C(C)O)C1)Oc1ccccc1F. The number of likely N-dealkylation sites (tertiary alicyclic amines) is 1. The zero-order valence-electron chi connectivity index (χ0n) is 14.4. The summed E-state index contributed by atoms with van der Waals surface area (Å²) >= 11 is 0. The number of nitrogens with one attached hydrogen (secondary N) is 1. The van der Waals surface area contributed by atoms with E-state index in [-0.39, 0.29) is 23.8 Å². The first-order chi connectivity index (χ1) is 11.5. The number of amides is 2. The number of halogens is 1. The van der Waals surface area contributed by atoms with Crippen LogP contribution >= 0.6 is 0 Å². The molecule has 0 aromatic heterocycles. The topological polar surface area (TPSA) is 61.8 Å². The van der Waals surface area contributed by atoms with E-state index in [0.717, 1.165) is 12.8 Å². The molecule has 0 radical (unpaired) electrons. The van der Waals surface area contributed by atoms with Crippen molar-refractivity contribution in [2.24, 2.45) is 5.92 Å². The monoisotopic (exact) mass is 338 g/mol. The molecule has 24 heavy (non-hydrogen) atoms. The van der Waals surface area contributed by atoms with Gasteiger partial charge in [0.05, 0.1) is 12.6 Å². The molecule has 0 bridgehead atoms. The van der Waals surface area contributed by atoms with E-state index in [1.54, 1.807) is 30.0 Å². The van der Waals surface area contributed by atoms with Crippen LogP contribution in [0.4, 0.5) is 9.18 Å². The first-order valence-electron chi connectivity index (χ1n) is 8.63. The van der Waals surface area contributed by atoms with Gasteiger partial charge in [-0.2, -0.15) is 0 Å². The number of hydrogen-bond donors (Lipinski definition) is 2. The molecule has 0 spiro atoms. The Morgan fingerprint density at radius 3 is 2.92 bits per heavy atom. The van der Waals surface area contributed by atoms with Crippen LogP contribution in [0.15, 0.2) is 24.3 Å². The molecule has 1 aliphatic rings. The van der Waals surface area contributed by atoms with Gasteiger partial charge in [-0.15, -0.1) is 0 Å². The Hall–Kier alpha value is -1.82. The highest BCUT2D eigenvalue weighted by atomic mass is 19.1. The lowest BCUT2D eigenvalue weighted by Gasteiger charge is -2.34. The number of urea groups is 1. The number of hydrogen-bond acceptors (Lipinski definition) is 3. The number of aliphatic hydroxyl groups is 1. The van der Waals surface area contributed by atoms with Crippen molar-refractivity contribution in [2.75, 3.05) is 19.6 Å². The summed E-state index contributed by atoms with van der Waals surface area (Å²) in [6, 6.07) is 6.10. The van der Waals surface area contributed by atoms with Crippen molar-refractivity contribution < 1.29 is 19.0 Å². The summed E-state index contributed by atoms with van der Waals surface area (Å²) in [5.41, 5.74) is 0. The van der Waals surface area contributed by atoms with Crippen molar-refractivity contribution >= 4 is 6.03 Å². The van der Waals surface area contributed by atoms with Crippen LogP contribution < -0.4 is 10.1 Å². The van der Waals surface area contributed by atoms with Crippen LogP contribution in [-0.2, 0) is 0 Å². The lowest BCUT2D eigenvalue weighted by Crippen LogP contribution is -2.49. The molecule has 1 heterocycles. The molecule has 1 aliphatic heterocycles. The highest BCUT2D eigenvalue weighted by Crippen LogP contribution is 2.20. The highest BCUT2D eigenvalue weighted by Gasteiger charge is 2.26. The lowest BCUT2D eigenvalue weighted by atomic mass is 9.94. The molecule has 0 saturated carbocycles. The van der Waals surface area contributed by atoms with Crippen LogP contribution in [0.25, 0.3) is 0 Å². The fourth-order valence-electron chi connectivity index (χ4n) is 2.89. The Kier molecular flexibility index (Phi) is 6.85. The Labute approximate surface area is 142 Å². The Balaban J connectivity index is 1.84. The second-order valence-electron chi connectivity index (χ2n) is 6.35. The van der Waals surface area contributed by atoms with Crippen molar-refractivity contribution in [3.8, 4) is 5.75 Å². The minimum absolute atomic E-state index is 0.126. The maximum absolute atomic E-state index is 13.7. The number of rotatable bonds is 6. The summed E-state index contributed by atoms with van der Waals surface area (Å²) in [5, 5.41) is 12.6. The number of ether oxygens (including phenoxy) is 1. The standard InChI is InChI=1S/C18H27FN2O3/c1-3-15(24-17-9-5-4-8-16(17)19)11-20-18(23)21-10-6-7-14(12-21)13(2)22/h4-5,8-9,13-15,22H,3,6-7,10-12H2,1-2H3,(H,20,23). The normalized spacial score (nSPS) is 20.3. The molecular weight excluding hydrogens is 311 g/mol. The second-order valence-corrected chi connectivity index (χ2v) is 6.35. The predicted molar refractivity (Wildman–Crippen MR) is 90.5 cm³/mol. The molecule has 1 aromatic rings. The van der Waals surface area contributed by atoms with Gasteiger partial charge < -0.3 is 20.1 Å². The zero-order chi connectivity index (χ0) is 17.5.